The van der Waals surface area contributed by atoms with Gasteiger partial charge in [0.25, 0.3) is 10.0 Å². The first-order valence-electron chi connectivity index (χ1n) is 5.02. The molecule has 18 heavy (non-hydrogen) atoms. The van der Waals surface area contributed by atoms with E-state index in [0.717, 1.165) is 6.07 Å². The maximum Gasteiger partial charge on any atom is 0.264 e. The summed E-state index contributed by atoms with van der Waals surface area (Å²) in [7, 11) is -3.98. The summed E-state index contributed by atoms with van der Waals surface area (Å²) in [6.45, 7) is 0. The van der Waals surface area contributed by atoms with Gasteiger partial charge in [0.1, 0.15) is 4.90 Å². The molecule has 1 N–H and O–H groups in total. The minimum absolute atomic E-state index is 0.231. The zero-order valence-corrected chi connectivity index (χ0v) is 10.7. The smallest absolute Gasteiger partial charge is 0.264 e. The summed E-state index contributed by atoms with van der Waals surface area (Å²) < 4.78 is 39.9. The van der Waals surface area contributed by atoms with Gasteiger partial charge in [-0.2, -0.15) is 0 Å². The Bertz CT molecular complexity index is 659. The third-order valence-corrected chi connectivity index (χ3v) is 3.92. The van der Waals surface area contributed by atoms with E-state index in [1.165, 1.54) is 12.1 Å². The topological polar surface area (TPSA) is 46.2 Å². The first kappa shape index (κ1) is 12.9. The van der Waals surface area contributed by atoms with Crippen molar-refractivity contribution in [2.45, 2.75) is 4.90 Å². The first-order chi connectivity index (χ1) is 8.50. The number of sulfonamides is 1. The predicted molar refractivity (Wildman–Crippen MR) is 68.7 cm³/mol. The van der Waals surface area contributed by atoms with E-state index in [1.807, 2.05) is 0 Å². The molecule has 2 rings (SSSR count). The summed E-state index contributed by atoms with van der Waals surface area (Å²) >= 11 is 5.56. The summed E-state index contributed by atoms with van der Waals surface area (Å²) in [5.41, 5.74) is 0.358. The van der Waals surface area contributed by atoms with Crippen molar-refractivity contribution in [3.63, 3.8) is 0 Å². The Morgan fingerprint density at radius 2 is 1.67 bits per heavy atom. The normalized spacial score (nSPS) is 11.2. The van der Waals surface area contributed by atoms with Gasteiger partial charge in [-0.25, -0.2) is 12.8 Å². The van der Waals surface area contributed by atoms with Crippen molar-refractivity contribution in [2.75, 3.05) is 4.72 Å². The molecule has 0 aliphatic rings. The minimum atomic E-state index is -3.98. The molecule has 0 bridgehead atoms. The average Bonchev–Trinajstić information content (AvgIpc) is 2.33. The van der Waals surface area contributed by atoms with Crippen molar-refractivity contribution in [2.24, 2.45) is 0 Å². The van der Waals surface area contributed by atoms with Gasteiger partial charge >= 0.3 is 0 Å². The molecule has 0 amide bonds. The molecular weight excluding hydrogens is 277 g/mol. The lowest BCUT2D eigenvalue weighted by molar-refractivity contribution is 0.570. The number of rotatable bonds is 3. The molecule has 0 radical (unpaired) electrons. The van der Waals surface area contributed by atoms with E-state index >= 15 is 0 Å². The standard InChI is InChI=1S/C12H9ClFNO2S/c13-10-7-4-8-11(12(10)14)18(16,17)15-9-5-2-1-3-6-9/h1-8,15H. The molecule has 3 nitrogen and oxygen atoms in total. The molecule has 6 heteroatoms. The van der Waals surface area contributed by atoms with Gasteiger partial charge in [0, 0.05) is 5.69 Å². The van der Waals surface area contributed by atoms with Crippen LogP contribution in [-0.4, -0.2) is 8.42 Å². The van der Waals surface area contributed by atoms with E-state index in [9.17, 15) is 12.8 Å². The van der Waals surface area contributed by atoms with Gasteiger partial charge < -0.3 is 0 Å². The second-order valence-corrected chi connectivity index (χ2v) is 5.58. The zero-order valence-electron chi connectivity index (χ0n) is 9.10. The van der Waals surface area contributed by atoms with Crippen LogP contribution in [0.3, 0.4) is 0 Å². The summed E-state index contributed by atoms with van der Waals surface area (Å²) in [6.07, 6.45) is 0. The van der Waals surface area contributed by atoms with Crippen LogP contribution in [0.15, 0.2) is 53.4 Å². The molecule has 0 saturated heterocycles. The maximum atomic E-state index is 13.6. The Hall–Kier alpha value is -1.59. The van der Waals surface area contributed by atoms with Gasteiger partial charge in [-0.3, -0.25) is 4.72 Å². The monoisotopic (exact) mass is 285 g/mol. The third-order valence-electron chi connectivity index (χ3n) is 2.23. The van der Waals surface area contributed by atoms with Gasteiger partial charge in [0.2, 0.25) is 0 Å². The zero-order chi connectivity index (χ0) is 13.2. The number of hydrogen-bond acceptors (Lipinski definition) is 2. The first-order valence-corrected chi connectivity index (χ1v) is 6.89. The highest BCUT2D eigenvalue weighted by molar-refractivity contribution is 7.92. The lowest BCUT2D eigenvalue weighted by atomic mass is 10.3. The van der Waals surface area contributed by atoms with Crippen LogP contribution in [0.25, 0.3) is 0 Å². The highest BCUT2D eigenvalue weighted by Gasteiger charge is 2.20. The lowest BCUT2D eigenvalue weighted by Crippen LogP contribution is -2.14. The van der Waals surface area contributed by atoms with Gasteiger partial charge in [-0.05, 0) is 24.3 Å². The molecule has 2 aromatic rings. The molecule has 0 aliphatic carbocycles. The van der Waals surface area contributed by atoms with E-state index in [1.54, 1.807) is 30.3 Å². The molecule has 0 saturated carbocycles. The Labute approximate surface area is 109 Å². The number of halogens is 2. The Morgan fingerprint density at radius 1 is 1.00 bits per heavy atom. The number of nitrogens with one attached hydrogen (secondary N) is 1. The SMILES string of the molecule is O=S(=O)(Nc1ccccc1)c1cccc(Cl)c1F. The van der Waals surface area contributed by atoms with E-state index in [-0.39, 0.29) is 5.02 Å². The number of para-hydroxylation sites is 1. The van der Waals surface area contributed by atoms with E-state index in [4.69, 9.17) is 11.6 Å². The predicted octanol–water partition coefficient (Wildman–Crippen LogP) is 3.28. The largest absolute Gasteiger partial charge is 0.280 e. The number of anilines is 1. The number of benzene rings is 2. The molecule has 2 aromatic carbocycles. The Balaban J connectivity index is 2.41. The van der Waals surface area contributed by atoms with Crippen LogP contribution in [0, 0.1) is 5.82 Å². The van der Waals surface area contributed by atoms with Crippen molar-refractivity contribution in [3.8, 4) is 0 Å². The molecule has 0 unspecified atom stereocenters. The second kappa shape index (κ2) is 4.96. The van der Waals surface area contributed by atoms with Gasteiger partial charge in [-0.1, -0.05) is 35.9 Å². The van der Waals surface area contributed by atoms with Crippen molar-refractivity contribution in [1.29, 1.82) is 0 Å². The fourth-order valence-electron chi connectivity index (χ4n) is 1.41. The fourth-order valence-corrected chi connectivity index (χ4v) is 2.80. The van der Waals surface area contributed by atoms with Crippen molar-refractivity contribution in [1.82, 2.24) is 0 Å². The van der Waals surface area contributed by atoms with E-state index in [0.29, 0.717) is 5.69 Å². The summed E-state index contributed by atoms with van der Waals surface area (Å²) in [5.74, 6) is -0.956. The highest BCUT2D eigenvalue weighted by Crippen LogP contribution is 2.23. The van der Waals surface area contributed by atoms with Crippen LogP contribution in [0.1, 0.15) is 0 Å². The molecular formula is C12H9ClFNO2S. The third kappa shape index (κ3) is 2.63. The average molecular weight is 286 g/mol. The van der Waals surface area contributed by atoms with Crippen LogP contribution >= 0.6 is 11.6 Å². The minimum Gasteiger partial charge on any atom is -0.280 e. The summed E-state index contributed by atoms with van der Waals surface area (Å²) in [5, 5.41) is -0.231. The number of hydrogen-bond donors (Lipinski definition) is 1. The molecule has 0 atom stereocenters. The van der Waals surface area contributed by atoms with Crippen LogP contribution in [0.2, 0.25) is 5.02 Å². The van der Waals surface area contributed by atoms with Gasteiger partial charge in [-0.15, -0.1) is 0 Å². The molecule has 94 valence electrons. The summed E-state index contributed by atoms with van der Waals surface area (Å²) in [4.78, 5) is -0.473. The van der Waals surface area contributed by atoms with Gasteiger partial charge in [0.05, 0.1) is 5.02 Å². The molecule has 0 heterocycles. The highest BCUT2D eigenvalue weighted by atomic mass is 35.5. The van der Waals surface area contributed by atoms with E-state index in [2.05, 4.69) is 4.72 Å². The molecule has 0 aromatic heterocycles. The summed E-state index contributed by atoms with van der Waals surface area (Å²) in [6, 6.07) is 12.1. The van der Waals surface area contributed by atoms with Crippen LogP contribution in [0.5, 0.6) is 0 Å². The lowest BCUT2D eigenvalue weighted by Gasteiger charge is -2.09. The van der Waals surface area contributed by atoms with Crippen molar-refractivity contribution >= 4 is 27.3 Å². The quantitative estimate of drug-likeness (QED) is 0.941. The van der Waals surface area contributed by atoms with Crippen LogP contribution < -0.4 is 4.72 Å². The van der Waals surface area contributed by atoms with Crippen molar-refractivity contribution < 1.29 is 12.8 Å². The molecule has 0 aliphatic heterocycles. The molecule has 0 fully saturated rings. The second-order valence-electron chi connectivity index (χ2n) is 3.52. The van der Waals surface area contributed by atoms with Crippen LogP contribution in [-0.2, 0) is 10.0 Å². The van der Waals surface area contributed by atoms with Crippen LogP contribution in [0.4, 0.5) is 10.1 Å². The Morgan fingerprint density at radius 3 is 2.33 bits per heavy atom. The maximum absolute atomic E-state index is 13.6. The van der Waals surface area contributed by atoms with E-state index < -0.39 is 20.7 Å². The fraction of sp³-hybridized carbons (Fsp3) is 0. The molecule has 0 spiro atoms. The van der Waals surface area contributed by atoms with Crippen molar-refractivity contribution in [3.05, 3.63) is 59.4 Å². The Kier molecular flexibility index (Phi) is 3.54. The van der Waals surface area contributed by atoms with Gasteiger partial charge in [0.15, 0.2) is 5.82 Å².